The summed E-state index contributed by atoms with van der Waals surface area (Å²) in [6.07, 6.45) is 0. The van der Waals surface area contributed by atoms with Gasteiger partial charge in [0, 0.05) is 0 Å². The zero-order chi connectivity index (χ0) is 3.54. The first-order valence-electron chi connectivity index (χ1n) is 1.02. The van der Waals surface area contributed by atoms with Crippen LogP contribution in [-0.4, -0.2) is 5.55 Å². The molecular formula is CHIN2S. The Kier molecular flexibility index (Phi) is 1.39. The van der Waals surface area contributed by atoms with Gasteiger partial charge in [0.05, 0.1) is 25.2 Å². The molecule has 0 aliphatic carbocycles. The highest BCUT2D eigenvalue weighted by Gasteiger charge is 1.77. The Labute approximate surface area is 42.6 Å². The lowest BCUT2D eigenvalue weighted by Gasteiger charge is -1.48. The number of hydrogen-bond donors (Lipinski definition) is 0. The average molecular weight is 200 g/mol. The Morgan fingerprint density at radius 2 is 2.80 bits per heavy atom. The van der Waals surface area contributed by atoms with Crippen LogP contribution in [0.1, 0.15) is 0 Å². The molecule has 0 atom stereocenters. The Morgan fingerprint density at radius 3 is 3.00 bits per heavy atom. The van der Waals surface area contributed by atoms with E-state index in [0.29, 0.717) is 0 Å². The normalized spacial score (nSPS) is 19.2. The van der Waals surface area contributed by atoms with Gasteiger partial charge in [-0.1, -0.05) is 0 Å². The summed E-state index contributed by atoms with van der Waals surface area (Å²) < 4.78 is 3.73. The van der Waals surface area contributed by atoms with Crippen molar-refractivity contribution in [2.24, 2.45) is 8.36 Å². The van der Waals surface area contributed by atoms with Gasteiger partial charge in [0.15, 0.2) is 0 Å². The van der Waals surface area contributed by atoms with Crippen LogP contribution in [0.2, 0.25) is 0 Å². The highest BCUT2D eigenvalue weighted by atomic mass is 127. The predicted octanol–water partition coefficient (Wildman–Crippen LogP) is 1.75. The van der Waals surface area contributed by atoms with E-state index in [-0.39, 0.29) is 19.6 Å². The second-order valence-corrected chi connectivity index (χ2v) is 4.12. The molecule has 0 saturated heterocycles. The number of rotatable bonds is 0. The maximum atomic E-state index is 3.73. The van der Waals surface area contributed by atoms with Crippen LogP contribution in [0.4, 0.5) is 0 Å². The van der Waals surface area contributed by atoms with Crippen LogP contribution in [0, 0.1) is 0 Å². The summed E-state index contributed by atoms with van der Waals surface area (Å²) in [6, 6.07) is 0. The van der Waals surface area contributed by atoms with Crippen molar-refractivity contribution in [3.63, 3.8) is 0 Å². The number of hydrogen-bond acceptors (Lipinski definition) is 3. The maximum absolute atomic E-state index is 3.73. The zero-order valence-electron chi connectivity index (χ0n) is 2.26. The lowest BCUT2D eigenvalue weighted by Crippen LogP contribution is -1.35. The molecule has 0 spiro atoms. The predicted molar refractivity (Wildman–Crippen MR) is 32.5 cm³/mol. The highest BCUT2D eigenvalue weighted by molar-refractivity contribution is 14.2. The molecule has 4 heteroatoms. The minimum absolute atomic E-state index is 0.0617. The van der Waals surface area contributed by atoms with E-state index < -0.39 is 0 Å². The fourth-order valence-electron chi connectivity index (χ4n) is 0.0891. The van der Waals surface area contributed by atoms with E-state index in [2.05, 4.69) is 8.36 Å². The lowest BCUT2D eigenvalue weighted by atomic mass is 11.7. The van der Waals surface area contributed by atoms with E-state index in [1.807, 2.05) is 0 Å². The summed E-state index contributed by atoms with van der Waals surface area (Å²) in [5, 5.41) is 3.60. The topological polar surface area (TPSA) is 24.7 Å². The van der Waals surface area contributed by atoms with Gasteiger partial charge in [0.1, 0.15) is 0 Å². The van der Waals surface area contributed by atoms with Crippen molar-refractivity contribution >= 4 is 34.1 Å². The summed E-state index contributed by atoms with van der Waals surface area (Å²) in [7, 11) is 1.73. The number of nitrogens with zero attached hydrogens (tertiary/aromatic N) is 2. The van der Waals surface area contributed by atoms with Gasteiger partial charge in [0.25, 0.3) is 0 Å². The molecule has 1 aliphatic heterocycles. The minimum atomic E-state index is 0.0617. The molecule has 1 heterocycles. The van der Waals surface area contributed by atoms with Gasteiger partial charge in [-0.05, 0) is 8.93 Å². The molecule has 0 N–H and O–H groups in total. The van der Waals surface area contributed by atoms with Gasteiger partial charge in [-0.3, -0.25) is 0 Å². The summed E-state index contributed by atoms with van der Waals surface area (Å²) in [4.78, 5) is 0. The molecule has 1 aliphatic rings. The van der Waals surface area contributed by atoms with Crippen LogP contribution < -0.4 is 0 Å². The molecule has 0 saturated carbocycles. The first-order chi connectivity index (χ1) is 2.50. The Balaban J connectivity index is 2.61. The molecule has 1 rings (SSSR count). The first kappa shape index (κ1) is 3.73. The van der Waals surface area contributed by atoms with E-state index in [9.17, 15) is 0 Å². The van der Waals surface area contributed by atoms with Crippen molar-refractivity contribution < 1.29 is 0 Å². The van der Waals surface area contributed by atoms with Crippen molar-refractivity contribution in [3.8, 4) is 0 Å². The lowest BCUT2D eigenvalue weighted by molar-refractivity contribution is 1.34. The Morgan fingerprint density at radius 1 is 1.80 bits per heavy atom. The summed E-state index contributed by atoms with van der Waals surface area (Å²) >= 11 is 0.0617. The molecule has 0 bridgehead atoms. The first-order valence-corrected chi connectivity index (χ1v) is 5.40. The second-order valence-electron chi connectivity index (χ2n) is 0.455. The van der Waals surface area contributed by atoms with Crippen molar-refractivity contribution in [3.05, 3.63) is 0 Å². The van der Waals surface area contributed by atoms with E-state index >= 15 is 0 Å². The van der Waals surface area contributed by atoms with Crippen LogP contribution in [0.25, 0.3) is 0 Å². The summed E-state index contributed by atoms with van der Waals surface area (Å²) in [6.45, 7) is 0. The third-order valence-electron chi connectivity index (χ3n) is 0.201. The molecule has 0 aromatic rings. The van der Waals surface area contributed by atoms with Gasteiger partial charge in [-0.15, -0.1) is 8.36 Å². The Hall–Kier alpha value is 0.550. The molecule has 5 heavy (non-hydrogen) atoms. The fraction of sp³-hybridized carbons (Fsp3) is 0. The maximum Gasteiger partial charge on any atom is 0.0981 e. The van der Waals surface area contributed by atoms with Crippen molar-refractivity contribution in [2.75, 3.05) is 0 Å². The van der Waals surface area contributed by atoms with Gasteiger partial charge in [-0.25, -0.2) is 0 Å². The monoisotopic (exact) mass is 200 g/mol. The van der Waals surface area contributed by atoms with Crippen LogP contribution in [0.5, 0.6) is 0 Å². The van der Waals surface area contributed by atoms with Crippen molar-refractivity contribution in [2.45, 2.75) is 0 Å². The molecule has 0 radical (unpaired) electrons. The standard InChI is InChI=1S/CHIN2S/c1-3-4-2-5-1/h1H. The van der Waals surface area contributed by atoms with Gasteiger partial charge < -0.3 is 0 Å². The molecule has 0 amide bonds. The molecule has 0 fully saturated rings. The van der Waals surface area contributed by atoms with Gasteiger partial charge >= 0.3 is 0 Å². The van der Waals surface area contributed by atoms with Gasteiger partial charge in [-0.2, -0.15) is 0 Å². The molecular weight excluding hydrogens is 199 g/mol. The van der Waals surface area contributed by atoms with Crippen molar-refractivity contribution in [1.82, 2.24) is 0 Å². The molecule has 0 aromatic carbocycles. The van der Waals surface area contributed by atoms with E-state index in [1.54, 1.807) is 14.5 Å². The summed E-state index contributed by atoms with van der Waals surface area (Å²) in [5.41, 5.74) is 1.78. The van der Waals surface area contributed by atoms with Crippen LogP contribution >= 0.6 is 28.6 Å². The van der Waals surface area contributed by atoms with E-state index in [4.69, 9.17) is 0 Å². The molecule has 0 unspecified atom stereocenters. The van der Waals surface area contributed by atoms with Gasteiger partial charge in [0.2, 0.25) is 0 Å². The SMILES string of the molecule is C1=NN=IS1. The molecule has 2 nitrogen and oxygen atoms in total. The van der Waals surface area contributed by atoms with E-state index in [0.717, 1.165) is 0 Å². The van der Waals surface area contributed by atoms with Crippen molar-refractivity contribution in [1.29, 1.82) is 0 Å². The third-order valence-corrected chi connectivity index (χ3v) is 2.66. The van der Waals surface area contributed by atoms with Crippen LogP contribution in [-0.2, 0) is 0 Å². The quantitative estimate of drug-likeness (QED) is 0.546. The third kappa shape index (κ3) is 0.961. The Bertz CT molecular complexity index is 67.7. The summed E-state index contributed by atoms with van der Waals surface area (Å²) in [5.74, 6) is 0. The minimum Gasteiger partial charge on any atom is -0.146 e. The largest absolute Gasteiger partial charge is 0.146 e. The van der Waals surface area contributed by atoms with Crippen LogP contribution in [0.15, 0.2) is 8.36 Å². The zero-order valence-corrected chi connectivity index (χ0v) is 5.23. The van der Waals surface area contributed by atoms with Crippen LogP contribution in [0.3, 0.4) is 0 Å². The molecule has 0 aromatic heterocycles. The number of halogens is 1. The smallest absolute Gasteiger partial charge is 0.0981 e. The van der Waals surface area contributed by atoms with E-state index in [1.165, 1.54) is 0 Å². The second kappa shape index (κ2) is 1.86. The average Bonchev–Trinajstić information content (AvgIpc) is 1.76. The molecule has 28 valence electrons. The highest BCUT2D eigenvalue weighted by Crippen LogP contribution is 2.24. The fourth-order valence-corrected chi connectivity index (χ4v) is 1.79.